The molecule has 0 saturated carbocycles. The largest absolute Gasteiger partial charge is 0.352 e. The number of ether oxygens (including phenoxy) is 2. The van der Waals surface area contributed by atoms with E-state index in [4.69, 9.17) is 9.47 Å². The normalized spacial score (nSPS) is 18.3. The number of rotatable bonds is 7. The molecule has 1 aliphatic heterocycles. The van der Waals surface area contributed by atoms with Crippen LogP contribution < -0.4 is 0 Å². The Morgan fingerprint density at radius 1 is 0.771 bits per heavy atom. The van der Waals surface area contributed by atoms with Crippen molar-refractivity contribution >= 4 is 0 Å². The van der Waals surface area contributed by atoms with Gasteiger partial charge in [-0.15, -0.1) is 0 Å². The molecule has 0 aromatic heterocycles. The molecule has 0 aliphatic carbocycles. The molecule has 0 bridgehead atoms. The lowest BCUT2D eigenvalue weighted by atomic mass is 9.94. The lowest BCUT2D eigenvalue weighted by Gasteiger charge is -2.30. The van der Waals surface area contributed by atoms with Crippen molar-refractivity contribution in [3.05, 3.63) is 95.1 Å². The van der Waals surface area contributed by atoms with E-state index in [0.29, 0.717) is 29.5 Å². The Labute approximate surface area is 203 Å². The van der Waals surface area contributed by atoms with Gasteiger partial charge in [0.2, 0.25) is 0 Å². The van der Waals surface area contributed by atoms with Crippen molar-refractivity contribution in [3.8, 4) is 22.3 Å². The maximum absolute atomic E-state index is 15.0. The SMILES string of the molecule is C/C=C/CCC1OCC(c2ccc(-c3ccc(-c4ccc(CC)c(F)c4F)cc3)c(F)c2F)CO1. The molecular weight excluding hydrogens is 456 g/mol. The highest BCUT2D eigenvalue weighted by atomic mass is 19.2. The topological polar surface area (TPSA) is 18.5 Å². The summed E-state index contributed by atoms with van der Waals surface area (Å²) in [6, 6.07) is 12.4. The first-order valence-electron chi connectivity index (χ1n) is 11.8. The summed E-state index contributed by atoms with van der Waals surface area (Å²) in [6.45, 7) is 4.20. The second kappa shape index (κ2) is 11.2. The number of hydrogen-bond donors (Lipinski definition) is 0. The molecule has 6 heteroatoms. The van der Waals surface area contributed by atoms with Crippen LogP contribution in [-0.4, -0.2) is 19.5 Å². The van der Waals surface area contributed by atoms with Gasteiger partial charge < -0.3 is 9.47 Å². The van der Waals surface area contributed by atoms with Gasteiger partial charge in [0.1, 0.15) is 0 Å². The zero-order chi connectivity index (χ0) is 24.9. The fourth-order valence-electron chi connectivity index (χ4n) is 4.31. The second-order valence-corrected chi connectivity index (χ2v) is 8.60. The Balaban J connectivity index is 1.51. The first kappa shape index (κ1) is 25.1. The molecule has 4 rings (SSSR count). The van der Waals surface area contributed by atoms with Gasteiger partial charge >= 0.3 is 0 Å². The molecule has 3 aromatic carbocycles. The minimum Gasteiger partial charge on any atom is -0.352 e. The van der Waals surface area contributed by atoms with E-state index in [1.54, 1.807) is 43.3 Å². The monoisotopic (exact) mass is 484 g/mol. The number of benzene rings is 3. The van der Waals surface area contributed by atoms with Gasteiger partial charge in [0.25, 0.3) is 0 Å². The van der Waals surface area contributed by atoms with Crippen LogP contribution in [0.3, 0.4) is 0 Å². The Hall–Kier alpha value is -2.96. The first-order valence-corrected chi connectivity index (χ1v) is 11.8. The standard InChI is InChI=1S/C29H28F4O2/c1-3-5-6-7-25-34-16-21(17-35-25)24-15-14-23(28(32)29(24)33)20-10-8-19(9-11-20)22-13-12-18(4-2)26(30)27(22)31/h3,5,8-15,21,25H,4,6-7,16-17H2,1-2H3/b5-3+. The van der Waals surface area contributed by atoms with E-state index in [0.717, 1.165) is 6.42 Å². The molecule has 0 unspecified atom stereocenters. The Bertz CT molecular complexity index is 1200. The summed E-state index contributed by atoms with van der Waals surface area (Å²) in [4.78, 5) is 0. The second-order valence-electron chi connectivity index (χ2n) is 8.60. The maximum Gasteiger partial charge on any atom is 0.166 e. The predicted molar refractivity (Wildman–Crippen MR) is 129 cm³/mol. The molecular formula is C29H28F4O2. The zero-order valence-electron chi connectivity index (χ0n) is 19.8. The summed E-state index contributed by atoms with van der Waals surface area (Å²) in [5.74, 6) is -4.07. The van der Waals surface area contributed by atoms with Crippen LogP contribution in [0, 0.1) is 23.3 Å². The van der Waals surface area contributed by atoms with Gasteiger partial charge in [-0.2, -0.15) is 0 Å². The van der Waals surface area contributed by atoms with E-state index < -0.39 is 29.2 Å². The third-order valence-corrected chi connectivity index (χ3v) is 6.37. The molecule has 1 heterocycles. The van der Waals surface area contributed by atoms with Gasteiger partial charge in [-0.1, -0.05) is 67.6 Å². The van der Waals surface area contributed by atoms with Gasteiger partial charge in [0.15, 0.2) is 29.6 Å². The van der Waals surface area contributed by atoms with Gasteiger partial charge in [-0.3, -0.25) is 0 Å². The summed E-state index contributed by atoms with van der Waals surface area (Å²) in [5.41, 5.74) is 1.61. The van der Waals surface area contributed by atoms with Gasteiger partial charge in [0, 0.05) is 23.5 Å². The van der Waals surface area contributed by atoms with E-state index in [-0.39, 0.29) is 36.2 Å². The highest BCUT2D eigenvalue weighted by Crippen LogP contribution is 2.34. The molecule has 1 fully saturated rings. The van der Waals surface area contributed by atoms with Gasteiger partial charge in [0.05, 0.1) is 13.2 Å². The molecule has 0 amide bonds. The molecule has 3 aromatic rings. The predicted octanol–water partition coefficient (Wildman–Crippen LogP) is 7.95. The lowest BCUT2D eigenvalue weighted by Crippen LogP contribution is -2.31. The van der Waals surface area contributed by atoms with E-state index in [2.05, 4.69) is 0 Å². The van der Waals surface area contributed by atoms with E-state index in [1.807, 2.05) is 19.1 Å². The quantitative estimate of drug-likeness (QED) is 0.250. The van der Waals surface area contributed by atoms with Crippen molar-refractivity contribution in [1.82, 2.24) is 0 Å². The van der Waals surface area contributed by atoms with Crippen molar-refractivity contribution in [2.24, 2.45) is 0 Å². The van der Waals surface area contributed by atoms with Crippen molar-refractivity contribution in [1.29, 1.82) is 0 Å². The molecule has 0 spiro atoms. The summed E-state index contributed by atoms with van der Waals surface area (Å²) >= 11 is 0. The third-order valence-electron chi connectivity index (χ3n) is 6.37. The first-order chi connectivity index (χ1) is 16.9. The van der Waals surface area contributed by atoms with Crippen LogP contribution in [0.25, 0.3) is 22.3 Å². The minimum absolute atomic E-state index is 0.0904. The number of aryl methyl sites for hydroxylation is 1. The number of allylic oxidation sites excluding steroid dienone is 2. The zero-order valence-corrected chi connectivity index (χ0v) is 19.8. The highest BCUT2D eigenvalue weighted by Gasteiger charge is 2.27. The van der Waals surface area contributed by atoms with Crippen LogP contribution in [0.2, 0.25) is 0 Å². The highest BCUT2D eigenvalue weighted by molar-refractivity contribution is 5.71. The van der Waals surface area contributed by atoms with Crippen molar-refractivity contribution in [2.45, 2.75) is 45.3 Å². The van der Waals surface area contributed by atoms with Gasteiger partial charge in [-0.25, -0.2) is 17.6 Å². The lowest BCUT2D eigenvalue weighted by molar-refractivity contribution is -0.189. The van der Waals surface area contributed by atoms with Gasteiger partial charge in [-0.05, 0) is 42.0 Å². The van der Waals surface area contributed by atoms with Crippen molar-refractivity contribution in [2.75, 3.05) is 13.2 Å². The fourth-order valence-corrected chi connectivity index (χ4v) is 4.31. The number of halogens is 4. The van der Waals surface area contributed by atoms with Crippen molar-refractivity contribution < 1.29 is 27.0 Å². The van der Waals surface area contributed by atoms with Crippen LogP contribution in [0.15, 0.2) is 60.7 Å². The van der Waals surface area contributed by atoms with Crippen LogP contribution in [0.4, 0.5) is 17.6 Å². The van der Waals surface area contributed by atoms with Crippen LogP contribution in [0.5, 0.6) is 0 Å². The minimum atomic E-state index is -0.963. The Morgan fingerprint density at radius 3 is 1.91 bits per heavy atom. The van der Waals surface area contributed by atoms with Crippen LogP contribution in [0.1, 0.15) is 43.7 Å². The summed E-state index contributed by atoms with van der Waals surface area (Å²) in [6.07, 6.45) is 5.57. The molecule has 1 saturated heterocycles. The molecule has 35 heavy (non-hydrogen) atoms. The molecule has 0 N–H and O–H groups in total. The van der Waals surface area contributed by atoms with E-state index in [1.165, 1.54) is 12.1 Å². The Kier molecular flexibility index (Phi) is 8.04. The molecule has 0 radical (unpaired) electrons. The number of hydrogen-bond acceptors (Lipinski definition) is 2. The molecule has 0 atom stereocenters. The van der Waals surface area contributed by atoms with Crippen LogP contribution >= 0.6 is 0 Å². The van der Waals surface area contributed by atoms with Crippen molar-refractivity contribution in [3.63, 3.8) is 0 Å². The average Bonchev–Trinajstić information content (AvgIpc) is 2.88. The molecule has 1 aliphatic rings. The van der Waals surface area contributed by atoms with E-state index in [9.17, 15) is 8.78 Å². The summed E-state index contributed by atoms with van der Waals surface area (Å²) in [5, 5.41) is 0. The summed E-state index contributed by atoms with van der Waals surface area (Å²) < 4.78 is 70.1. The molecule has 184 valence electrons. The maximum atomic E-state index is 15.0. The average molecular weight is 485 g/mol. The third kappa shape index (κ3) is 5.34. The summed E-state index contributed by atoms with van der Waals surface area (Å²) in [7, 11) is 0. The molecule has 2 nitrogen and oxygen atoms in total. The fraction of sp³-hybridized carbons (Fsp3) is 0.310. The van der Waals surface area contributed by atoms with Crippen LogP contribution in [-0.2, 0) is 15.9 Å². The Morgan fingerprint density at radius 2 is 1.34 bits per heavy atom. The smallest absolute Gasteiger partial charge is 0.166 e. The van der Waals surface area contributed by atoms with E-state index >= 15 is 8.78 Å².